The number of nitrogens with zero attached hydrogens (tertiary/aromatic N) is 2. The van der Waals surface area contributed by atoms with Crippen LogP contribution >= 0.6 is 24.0 Å². The van der Waals surface area contributed by atoms with E-state index < -0.39 is 0 Å². The number of likely N-dealkylation sites (tertiary alicyclic amines) is 1. The summed E-state index contributed by atoms with van der Waals surface area (Å²) in [7, 11) is 0. The third kappa shape index (κ3) is 5.05. The van der Waals surface area contributed by atoms with Crippen LogP contribution in [0.5, 0.6) is 5.75 Å². The Morgan fingerprint density at radius 3 is 2.19 bits per heavy atom. The van der Waals surface area contributed by atoms with Crippen LogP contribution in [0.2, 0.25) is 0 Å². The van der Waals surface area contributed by atoms with Gasteiger partial charge in [-0.05, 0) is 43.4 Å². The molecule has 0 atom stereocenters. The number of aryl methyl sites for hydroxylation is 2. The average molecular weight is 403 g/mol. The Balaban J connectivity index is 0.00000220. The third-order valence-electron chi connectivity index (χ3n) is 3.90. The maximum atomic E-state index is 9.77. The van der Waals surface area contributed by atoms with Crippen molar-refractivity contribution in [2.45, 2.75) is 46.1 Å². The van der Waals surface area contributed by atoms with Gasteiger partial charge in [0.2, 0.25) is 0 Å². The van der Waals surface area contributed by atoms with Gasteiger partial charge in [0.25, 0.3) is 0 Å². The fourth-order valence-corrected chi connectivity index (χ4v) is 2.71. The minimum Gasteiger partial charge on any atom is -0.507 e. The quantitative estimate of drug-likeness (QED) is 0.453. The van der Waals surface area contributed by atoms with Gasteiger partial charge in [-0.15, -0.1) is 24.0 Å². The predicted octanol–water partition coefficient (Wildman–Crippen LogP) is 3.32. The van der Waals surface area contributed by atoms with Crippen LogP contribution in [0, 0.1) is 13.8 Å². The Kier molecular flexibility index (Phi) is 7.28. The highest BCUT2D eigenvalue weighted by Gasteiger charge is 2.11. The normalized spacial score (nSPS) is 16.3. The van der Waals surface area contributed by atoms with Gasteiger partial charge in [0.1, 0.15) is 5.75 Å². The lowest BCUT2D eigenvalue weighted by Crippen LogP contribution is -2.38. The zero-order chi connectivity index (χ0) is 14.5. The van der Waals surface area contributed by atoms with Gasteiger partial charge in [-0.25, -0.2) is 4.99 Å². The first kappa shape index (κ1) is 18.1. The van der Waals surface area contributed by atoms with Crippen molar-refractivity contribution in [3.8, 4) is 5.75 Å². The van der Waals surface area contributed by atoms with Gasteiger partial charge < -0.3 is 15.7 Å². The smallest absolute Gasteiger partial charge is 0.191 e. The van der Waals surface area contributed by atoms with Crippen LogP contribution in [0.3, 0.4) is 0 Å². The molecule has 0 unspecified atom stereocenters. The van der Waals surface area contributed by atoms with Gasteiger partial charge in [0.05, 0.1) is 6.54 Å². The van der Waals surface area contributed by atoms with Crippen LogP contribution in [-0.2, 0) is 6.54 Å². The lowest BCUT2D eigenvalue weighted by Gasteiger charge is -2.21. The molecule has 1 aliphatic rings. The van der Waals surface area contributed by atoms with E-state index >= 15 is 0 Å². The first-order chi connectivity index (χ1) is 9.58. The van der Waals surface area contributed by atoms with Gasteiger partial charge in [-0.2, -0.15) is 0 Å². The summed E-state index contributed by atoms with van der Waals surface area (Å²) in [5, 5.41) is 9.77. The van der Waals surface area contributed by atoms with Gasteiger partial charge in [-0.1, -0.05) is 25.0 Å². The number of hydrogen-bond donors (Lipinski definition) is 2. The maximum absolute atomic E-state index is 9.77. The summed E-state index contributed by atoms with van der Waals surface area (Å²) in [5.41, 5.74) is 8.98. The summed E-state index contributed by atoms with van der Waals surface area (Å²) >= 11 is 0. The Morgan fingerprint density at radius 1 is 1.14 bits per heavy atom. The minimum absolute atomic E-state index is 0. The lowest BCUT2D eigenvalue weighted by molar-refractivity contribution is 0.428. The first-order valence-corrected chi connectivity index (χ1v) is 7.42. The van der Waals surface area contributed by atoms with E-state index in [0.717, 1.165) is 29.8 Å². The van der Waals surface area contributed by atoms with E-state index in [2.05, 4.69) is 9.89 Å². The van der Waals surface area contributed by atoms with Crippen molar-refractivity contribution in [1.29, 1.82) is 0 Å². The Hall–Kier alpha value is -0.980. The number of guanidine groups is 1. The van der Waals surface area contributed by atoms with E-state index in [1.807, 2.05) is 26.0 Å². The van der Waals surface area contributed by atoms with Crippen molar-refractivity contribution >= 4 is 29.9 Å². The molecule has 1 aromatic carbocycles. The summed E-state index contributed by atoms with van der Waals surface area (Å²) in [6.07, 6.45) is 4.99. The number of aliphatic imine (C=N–C) groups is 1. The summed E-state index contributed by atoms with van der Waals surface area (Å²) in [4.78, 5) is 6.70. The molecule has 3 N–H and O–H groups in total. The summed E-state index contributed by atoms with van der Waals surface area (Å²) in [5.74, 6) is 1.02. The molecule has 0 aromatic heterocycles. The number of halogens is 1. The molecule has 0 spiro atoms. The molecule has 4 nitrogen and oxygen atoms in total. The molecule has 5 heteroatoms. The van der Waals surface area contributed by atoms with E-state index in [0.29, 0.717) is 18.3 Å². The summed E-state index contributed by atoms with van der Waals surface area (Å²) in [6.45, 7) is 6.43. The van der Waals surface area contributed by atoms with Crippen molar-refractivity contribution < 1.29 is 5.11 Å². The molecule has 0 saturated carbocycles. The summed E-state index contributed by atoms with van der Waals surface area (Å²) < 4.78 is 0. The molecule has 118 valence electrons. The van der Waals surface area contributed by atoms with Crippen LogP contribution in [0.4, 0.5) is 0 Å². The number of rotatable bonds is 2. The highest BCUT2D eigenvalue weighted by molar-refractivity contribution is 14.0. The second-order valence-electron chi connectivity index (χ2n) is 5.65. The van der Waals surface area contributed by atoms with E-state index in [1.165, 1.54) is 25.7 Å². The Labute approximate surface area is 144 Å². The van der Waals surface area contributed by atoms with Crippen LogP contribution in [0.1, 0.15) is 42.4 Å². The van der Waals surface area contributed by atoms with Gasteiger partial charge in [-0.3, -0.25) is 0 Å². The molecular weight excluding hydrogens is 377 g/mol. The number of phenolic OH excluding ortho intramolecular Hbond substituents is 1. The number of aromatic hydroxyl groups is 1. The Bertz CT molecular complexity index is 471. The van der Waals surface area contributed by atoms with Crippen LogP contribution in [0.15, 0.2) is 17.1 Å². The molecule has 0 aliphatic carbocycles. The summed E-state index contributed by atoms with van der Waals surface area (Å²) in [6, 6.07) is 3.95. The standard InChI is InChI=1S/C16H25N3O.HI/c1-12-9-14(10-13(2)15(12)20)11-18-16(17)19-7-5-3-4-6-8-19;/h9-10,20H,3-8,11H2,1-2H3,(H2,17,18);1H. The highest BCUT2D eigenvalue weighted by Crippen LogP contribution is 2.23. The van der Waals surface area contributed by atoms with E-state index in [4.69, 9.17) is 5.73 Å². The Morgan fingerprint density at radius 2 is 1.67 bits per heavy atom. The molecule has 1 aliphatic heterocycles. The fraction of sp³-hybridized carbons (Fsp3) is 0.562. The van der Waals surface area contributed by atoms with Gasteiger partial charge >= 0.3 is 0 Å². The monoisotopic (exact) mass is 403 g/mol. The first-order valence-electron chi connectivity index (χ1n) is 7.42. The van der Waals surface area contributed by atoms with Crippen LogP contribution < -0.4 is 5.73 Å². The van der Waals surface area contributed by atoms with Crippen molar-refractivity contribution in [2.24, 2.45) is 10.7 Å². The van der Waals surface area contributed by atoms with Crippen molar-refractivity contribution in [3.05, 3.63) is 28.8 Å². The zero-order valence-corrected chi connectivity index (χ0v) is 15.3. The zero-order valence-electron chi connectivity index (χ0n) is 12.9. The van der Waals surface area contributed by atoms with Crippen molar-refractivity contribution in [2.75, 3.05) is 13.1 Å². The number of nitrogens with two attached hydrogens (primary N) is 1. The van der Waals surface area contributed by atoms with Gasteiger partial charge in [0, 0.05) is 13.1 Å². The molecule has 1 saturated heterocycles. The van der Waals surface area contributed by atoms with Crippen LogP contribution in [0.25, 0.3) is 0 Å². The second kappa shape index (κ2) is 8.46. The fourth-order valence-electron chi connectivity index (χ4n) is 2.71. The molecular formula is C16H26IN3O. The minimum atomic E-state index is 0. The van der Waals surface area contributed by atoms with E-state index in [9.17, 15) is 5.11 Å². The molecule has 2 rings (SSSR count). The molecule has 21 heavy (non-hydrogen) atoms. The topological polar surface area (TPSA) is 61.8 Å². The molecule has 1 heterocycles. The largest absolute Gasteiger partial charge is 0.507 e. The van der Waals surface area contributed by atoms with Crippen molar-refractivity contribution in [1.82, 2.24) is 4.90 Å². The molecule has 1 aromatic rings. The molecule has 0 amide bonds. The molecule has 0 bridgehead atoms. The van der Waals surface area contributed by atoms with E-state index in [-0.39, 0.29) is 24.0 Å². The number of phenols is 1. The lowest BCUT2D eigenvalue weighted by atomic mass is 10.1. The average Bonchev–Trinajstić information content (AvgIpc) is 2.71. The highest BCUT2D eigenvalue weighted by atomic mass is 127. The number of hydrogen-bond acceptors (Lipinski definition) is 2. The van der Waals surface area contributed by atoms with Gasteiger partial charge in [0.15, 0.2) is 5.96 Å². The predicted molar refractivity (Wildman–Crippen MR) is 98.4 cm³/mol. The van der Waals surface area contributed by atoms with Crippen molar-refractivity contribution in [3.63, 3.8) is 0 Å². The van der Waals surface area contributed by atoms with E-state index in [1.54, 1.807) is 0 Å². The SMILES string of the molecule is Cc1cc(CN=C(N)N2CCCCCC2)cc(C)c1O.I. The maximum Gasteiger partial charge on any atom is 0.191 e. The second-order valence-corrected chi connectivity index (χ2v) is 5.65. The third-order valence-corrected chi connectivity index (χ3v) is 3.90. The molecule has 1 fully saturated rings. The molecule has 0 radical (unpaired) electrons. The number of benzene rings is 1. The van der Waals surface area contributed by atoms with Crippen LogP contribution in [-0.4, -0.2) is 29.1 Å².